The van der Waals surface area contributed by atoms with Gasteiger partial charge in [-0.3, -0.25) is 4.72 Å². The van der Waals surface area contributed by atoms with Gasteiger partial charge in [-0.15, -0.1) is 0 Å². The number of anilines is 2. The zero-order valence-corrected chi connectivity index (χ0v) is 23.0. The van der Waals surface area contributed by atoms with Crippen molar-refractivity contribution in [1.82, 2.24) is 20.3 Å². The minimum atomic E-state index is -4.36. The van der Waals surface area contributed by atoms with Crippen molar-refractivity contribution in [2.75, 3.05) is 23.1 Å². The number of halogens is 4. The first-order valence-electron chi connectivity index (χ1n) is 12.9. The minimum absolute atomic E-state index is 0.202. The van der Waals surface area contributed by atoms with Crippen molar-refractivity contribution in [1.29, 1.82) is 0 Å². The summed E-state index contributed by atoms with van der Waals surface area (Å²) in [5.41, 5.74) is -0.270. The smallest absolute Gasteiger partial charge is 0.239 e. The minimum Gasteiger partial charge on any atom is -0.435 e. The Morgan fingerprint density at radius 1 is 1.00 bits per heavy atom. The van der Waals surface area contributed by atoms with Gasteiger partial charge in [0.2, 0.25) is 27.7 Å². The fourth-order valence-corrected chi connectivity index (χ4v) is 5.57. The topological polar surface area (TPSA) is 118 Å². The molecule has 1 saturated heterocycles. The predicted octanol–water partition coefficient (Wildman–Crippen LogP) is 5.36. The summed E-state index contributed by atoms with van der Waals surface area (Å²) < 4.78 is 91.9. The van der Waals surface area contributed by atoms with Crippen LogP contribution in [0.2, 0.25) is 0 Å². The molecule has 42 heavy (non-hydrogen) atoms. The summed E-state index contributed by atoms with van der Waals surface area (Å²) in [6.45, 7) is 2.12. The summed E-state index contributed by atoms with van der Waals surface area (Å²) in [5.74, 6) is -5.70. The summed E-state index contributed by atoms with van der Waals surface area (Å²) >= 11 is 0. The molecule has 1 aliphatic heterocycles. The van der Waals surface area contributed by atoms with Crippen LogP contribution in [0.15, 0.2) is 67.0 Å². The molecule has 2 aromatic carbocycles. The Balaban J connectivity index is 1.39. The van der Waals surface area contributed by atoms with Crippen molar-refractivity contribution in [2.24, 2.45) is 0 Å². The highest BCUT2D eigenvalue weighted by Crippen LogP contribution is 2.36. The van der Waals surface area contributed by atoms with Crippen LogP contribution in [0.3, 0.4) is 0 Å². The van der Waals surface area contributed by atoms with Crippen LogP contribution in [0.5, 0.6) is 11.6 Å². The molecule has 14 heteroatoms. The lowest BCUT2D eigenvalue weighted by molar-refractivity contribution is 0.254. The third-order valence-electron chi connectivity index (χ3n) is 6.64. The van der Waals surface area contributed by atoms with Crippen LogP contribution in [-0.4, -0.2) is 48.7 Å². The van der Waals surface area contributed by atoms with E-state index >= 15 is 13.2 Å². The standard InChI is InChI=1S/C28H26F4N6O3S/c1-16(17-6-3-2-4-7-17)42(39,40)38-26-21(30)13-23(24(31)25(26)32)41-27-20(8-5-10-34-27)22-9-11-35-28(37-22)36-19-12-18(29)14-33-15-19/h2-11,13,16,18-19,33,38H,12,14-15H2,1H3,(H,35,36,37)/t16-,18-,19-/m0/s1. The molecular weight excluding hydrogens is 576 g/mol. The van der Waals surface area contributed by atoms with Gasteiger partial charge in [0.15, 0.2) is 17.4 Å². The number of piperidine rings is 1. The lowest BCUT2D eigenvalue weighted by atomic mass is 10.1. The quantitative estimate of drug-likeness (QED) is 0.173. The van der Waals surface area contributed by atoms with Crippen molar-refractivity contribution >= 4 is 21.7 Å². The molecule has 2 aromatic heterocycles. The Hall–Kier alpha value is -4.30. The van der Waals surface area contributed by atoms with Crippen molar-refractivity contribution in [3.8, 4) is 22.9 Å². The van der Waals surface area contributed by atoms with Crippen LogP contribution < -0.4 is 20.1 Å². The van der Waals surface area contributed by atoms with Crippen molar-refractivity contribution in [3.05, 3.63) is 90.0 Å². The van der Waals surface area contributed by atoms with E-state index < -0.39 is 50.3 Å². The van der Waals surface area contributed by atoms with E-state index in [1.807, 2.05) is 4.72 Å². The van der Waals surface area contributed by atoms with E-state index in [0.717, 1.165) is 0 Å². The summed E-state index contributed by atoms with van der Waals surface area (Å²) in [6.07, 6.45) is 2.03. The van der Waals surface area contributed by atoms with Gasteiger partial charge in [-0.2, -0.15) is 4.39 Å². The van der Waals surface area contributed by atoms with Crippen molar-refractivity contribution in [3.63, 3.8) is 0 Å². The molecule has 0 unspecified atom stereocenters. The Labute approximate surface area is 239 Å². The van der Waals surface area contributed by atoms with Gasteiger partial charge in [-0.05, 0) is 30.7 Å². The lowest BCUT2D eigenvalue weighted by Gasteiger charge is -2.26. The van der Waals surface area contributed by atoms with Gasteiger partial charge >= 0.3 is 0 Å². The van der Waals surface area contributed by atoms with E-state index in [-0.39, 0.29) is 42.1 Å². The molecule has 1 aliphatic rings. The average molecular weight is 603 g/mol. The number of nitrogens with one attached hydrogen (secondary N) is 3. The average Bonchev–Trinajstić information content (AvgIpc) is 2.98. The van der Waals surface area contributed by atoms with Gasteiger partial charge in [0.1, 0.15) is 17.1 Å². The fraction of sp³-hybridized carbons (Fsp3) is 0.250. The zero-order chi connectivity index (χ0) is 29.9. The van der Waals surface area contributed by atoms with E-state index in [9.17, 15) is 12.8 Å². The van der Waals surface area contributed by atoms with E-state index in [4.69, 9.17) is 4.74 Å². The molecule has 0 radical (unpaired) electrons. The van der Waals surface area contributed by atoms with Gasteiger partial charge in [0.05, 0.1) is 11.3 Å². The third-order valence-corrected chi connectivity index (χ3v) is 8.34. The second-order valence-electron chi connectivity index (χ2n) is 9.62. The maximum atomic E-state index is 15.1. The molecule has 1 fully saturated rings. The number of rotatable bonds is 9. The van der Waals surface area contributed by atoms with E-state index in [1.165, 1.54) is 25.4 Å². The zero-order valence-electron chi connectivity index (χ0n) is 22.2. The molecule has 4 aromatic rings. The molecule has 3 heterocycles. The Kier molecular flexibility index (Phi) is 8.54. The number of alkyl halides is 1. The van der Waals surface area contributed by atoms with Gasteiger partial charge in [0.25, 0.3) is 0 Å². The maximum Gasteiger partial charge on any atom is 0.239 e. The van der Waals surface area contributed by atoms with Crippen LogP contribution in [-0.2, 0) is 10.0 Å². The molecule has 3 N–H and O–H groups in total. The van der Waals surface area contributed by atoms with Crippen LogP contribution in [0.1, 0.15) is 24.2 Å². The van der Waals surface area contributed by atoms with Gasteiger partial charge < -0.3 is 15.4 Å². The highest BCUT2D eigenvalue weighted by atomic mass is 32.2. The molecule has 0 spiro atoms. The molecule has 5 rings (SSSR count). The van der Waals surface area contributed by atoms with Crippen molar-refractivity contribution in [2.45, 2.75) is 30.8 Å². The van der Waals surface area contributed by atoms with Gasteiger partial charge in [-0.1, -0.05) is 30.3 Å². The van der Waals surface area contributed by atoms with Crippen LogP contribution in [0.25, 0.3) is 11.3 Å². The second kappa shape index (κ2) is 12.3. The van der Waals surface area contributed by atoms with Crippen LogP contribution >= 0.6 is 0 Å². The second-order valence-corrected chi connectivity index (χ2v) is 11.6. The Morgan fingerprint density at radius 2 is 1.79 bits per heavy atom. The molecule has 0 bridgehead atoms. The summed E-state index contributed by atoms with van der Waals surface area (Å²) in [6, 6.07) is 12.9. The van der Waals surface area contributed by atoms with E-state index in [2.05, 4.69) is 25.6 Å². The molecule has 220 valence electrons. The lowest BCUT2D eigenvalue weighted by Crippen LogP contribution is -2.44. The van der Waals surface area contributed by atoms with E-state index in [1.54, 1.807) is 42.5 Å². The fourth-order valence-electron chi connectivity index (χ4n) is 4.41. The van der Waals surface area contributed by atoms with E-state index in [0.29, 0.717) is 18.2 Å². The van der Waals surface area contributed by atoms with Gasteiger partial charge in [0, 0.05) is 44.0 Å². The molecule has 0 aliphatic carbocycles. The molecule has 9 nitrogen and oxygen atoms in total. The number of benzene rings is 2. The largest absolute Gasteiger partial charge is 0.435 e. The monoisotopic (exact) mass is 602 g/mol. The maximum absolute atomic E-state index is 15.1. The normalized spacial score (nSPS) is 17.8. The van der Waals surface area contributed by atoms with Crippen LogP contribution in [0.4, 0.5) is 29.2 Å². The SMILES string of the molecule is C[C@@H](c1ccccc1)S(=O)(=O)Nc1c(F)cc(Oc2ncccc2-c2ccnc(N[C@@H]3CNC[C@@H](F)C3)n2)c(F)c1F. The highest BCUT2D eigenvalue weighted by molar-refractivity contribution is 7.92. The number of ether oxygens (including phenoxy) is 1. The molecule has 0 amide bonds. The van der Waals surface area contributed by atoms with Crippen LogP contribution in [0, 0.1) is 17.5 Å². The first-order chi connectivity index (χ1) is 20.1. The van der Waals surface area contributed by atoms with Gasteiger partial charge in [-0.25, -0.2) is 36.5 Å². The summed E-state index contributed by atoms with van der Waals surface area (Å²) in [4.78, 5) is 12.6. The predicted molar refractivity (Wildman–Crippen MR) is 149 cm³/mol. The number of aromatic nitrogens is 3. The molecular formula is C28H26F4N6O3S. The number of nitrogens with zero attached hydrogens (tertiary/aromatic N) is 3. The first kappa shape index (κ1) is 29.2. The Bertz CT molecular complexity index is 1680. The molecule has 3 atom stereocenters. The summed E-state index contributed by atoms with van der Waals surface area (Å²) in [7, 11) is -4.36. The highest BCUT2D eigenvalue weighted by Gasteiger charge is 2.29. The first-order valence-corrected chi connectivity index (χ1v) is 14.5. The van der Waals surface area contributed by atoms with Crippen molar-refractivity contribution < 1.29 is 30.7 Å². The number of hydrogen-bond donors (Lipinski definition) is 3. The number of hydrogen-bond acceptors (Lipinski definition) is 8. The third kappa shape index (κ3) is 6.44. The number of pyridine rings is 1. The Morgan fingerprint density at radius 3 is 2.55 bits per heavy atom. The number of sulfonamides is 1. The summed E-state index contributed by atoms with van der Waals surface area (Å²) in [5, 5.41) is 4.84. The molecule has 0 saturated carbocycles.